The molecule has 11 nitrogen and oxygen atoms in total. The highest BCUT2D eigenvalue weighted by Gasteiger charge is 2.37. The number of nitrogens with zero attached hydrogens (tertiary/aromatic N) is 4. The molecule has 4 N–H and O–H groups in total. The monoisotopic (exact) mass is 701 g/mol. The molecule has 3 aromatic heterocycles. The lowest BCUT2D eigenvalue weighted by Crippen LogP contribution is -2.42. The number of aromatic amines is 1. The number of methoxy groups -OCH3 is 1. The van der Waals surface area contributed by atoms with Gasteiger partial charge in [0.05, 0.1) is 36.0 Å². The van der Waals surface area contributed by atoms with E-state index in [-0.39, 0.29) is 22.8 Å². The maximum absolute atomic E-state index is 16.2. The number of aromatic nitrogens is 5. The van der Waals surface area contributed by atoms with Gasteiger partial charge in [-0.1, -0.05) is 41.9 Å². The predicted molar refractivity (Wildman–Crippen MR) is 177 cm³/mol. The Hall–Kier alpha value is -5.73. The first-order valence-electron chi connectivity index (χ1n) is 15.4. The minimum Gasteiger partial charge on any atom is -0.494 e. The van der Waals surface area contributed by atoms with E-state index in [9.17, 15) is 19.1 Å². The average molecular weight is 702 g/mol. The van der Waals surface area contributed by atoms with Crippen LogP contribution >= 0.6 is 11.6 Å². The van der Waals surface area contributed by atoms with Crippen molar-refractivity contribution < 1.29 is 32.6 Å². The van der Waals surface area contributed by atoms with E-state index in [0.717, 1.165) is 25.0 Å². The van der Waals surface area contributed by atoms with Crippen molar-refractivity contribution in [2.75, 3.05) is 19.0 Å². The lowest BCUT2D eigenvalue weighted by molar-refractivity contribution is 0.0665. The molecule has 6 aromatic rings. The molecule has 0 saturated heterocycles. The lowest BCUT2D eigenvalue weighted by atomic mass is 9.88. The second-order valence-corrected chi connectivity index (χ2v) is 12.1. The Labute approximate surface area is 287 Å². The van der Waals surface area contributed by atoms with Crippen molar-refractivity contribution in [3.8, 4) is 17.0 Å². The number of carbonyl (C=O) groups excluding carboxylic acids is 2. The lowest BCUT2D eigenvalue weighted by Gasteiger charge is -2.29. The zero-order chi connectivity index (χ0) is 35.2. The second kappa shape index (κ2) is 12.9. The Morgan fingerprint density at radius 3 is 2.56 bits per heavy atom. The zero-order valence-electron chi connectivity index (χ0n) is 26.2. The highest BCUT2D eigenvalue weighted by molar-refractivity contribution is 6.31. The van der Waals surface area contributed by atoms with Crippen molar-refractivity contribution in [2.24, 2.45) is 0 Å². The van der Waals surface area contributed by atoms with Gasteiger partial charge in [0.1, 0.15) is 34.2 Å². The fraction of sp³-hybridized carbons (Fsp3) is 0.171. The molecule has 3 heterocycles. The van der Waals surface area contributed by atoms with Gasteiger partial charge < -0.3 is 20.1 Å². The Balaban J connectivity index is 1.32. The number of imidazole rings is 1. The molecule has 0 unspecified atom stereocenters. The predicted octanol–water partition coefficient (Wildman–Crippen LogP) is 6.15. The minimum atomic E-state index is -2.23. The molecule has 1 fully saturated rings. The SMILES string of the molecule is COc1cc(C(=O)NC[C@@](O)(c2ccccc2)c2cc(C(=O)Nc3ncc[nH]3)c(F)c(-c3cc(Cl)c(F)cc3F)n2)cc2cn(C3CC3)nc12. The summed E-state index contributed by atoms with van der Waals surface area (Å²) in [5.74, 6) is -4.88. The second-order valence-electron chi connectivity index (χ2n) is 11.7. The van der Waals surface area contributed by atoms with Crippen LogP contribution in [-0.4, -0.2) is 55.3 Å². The molecular formula is C35H27ClF3N7O4. The molecule has 2 amide bonds. The van der Waals surface area contributed by atoms with Gasteiger partial charge in [-0.2, -0.15) is 5.10 Å². The summed E-state index contributed by atoms with van der Waals surface area (Å²) in [6.07, 6.45) is 6.64. The number of carbonyl (C=O) groups is 2. The number of nitrogens with one attached hydrogen (secondary N) is 3. The molecule has 3 aromatic carbocycles. The van der Waals surface area contributed by atoms with Crippen LogP contribution in [0.2, 0.25) is 5.02 Å². The van der Waals surface area contributed by atoms with Crippen LogP contribution in [0, 0.1) is 17.5 Å². The fourth-order valence-corrected chi connectivity index (χ4v) is 5.76. The molecular weight excluding hydrogens is 675 g/mol. The van der Waals surface area contributed by atoms with Crippen molar-refractivity contribution >= 4 is 40.3 Å². The van der Waals surface area contributed by atoms with Crippen molar-refractivity contribution in [1.29, 1.82) is 0 Å². The van der Waals surface area contributed by atoms with Gasteiger partial charge in [0, 0.05) is 41.2 Å². The summed E-state index contributed by atoms with van der Waals surface area (Å²) in [6, 6.07) is 13.7. The van der Waals surface area contributed by atoms with E-state index in [4.69, 9.17) is 16.3 Å². The number of halogens is 4. The Morgan fingerprint density at radius 2 is 1.86 bits per heavy atom. The molecule has 254 valence electrons. The molecule has 0 aliphatic heterocycles. The molecule has 1 aliphatic rings. The number of fused-ring (bicyclic) bond motifs is 1. The third-order valence-electron chi connectivity index (χ3n) is 8.37. The number of aliphatic hydroxyl groups is 1. The van der Waals surface area contributed by atoms with Crippen LogP contribution in [0.25, 0.3) is 22.2 Å². The van der Waals surface area contributed by atoms with Crippen LogP contribution in [0.4, 0.5) is 19.1 Å². The Morgan fingerprint density at radius 1 is 1.08 bits per heavy atom. The van der Waals surface area contributed by atoms with Gasteiger partial charge in [-0.15, -0.1) is 0 Å². The van der Waals surface area contributed by atoms with Crippen LogP contribution in [0.1, 0.15) is 50.9 Å². The number of ether oxygens (including phenoxy) is 1. The van der Waals surface area contributed by atoms with Gasteiger partial charge in [0.2, 0.25) is 5.95 Å². The summed E-state index contributed by atoms with van der Waals surface area (Å²) >= 11 is 5.94. The van der Waals surface area contributed by atoms with Gasteiger partial charge in [-0.3, -0.25) is 19.6 Å². The number of benzene rings is 3. The maximum Gasteiger partial charge on any atom is 0.261 e. The smallest absolute Gasteiger partial charge is 0.261 e. The van der Waals surface area contributed by atoms with Gasteiger partial charge in [0.25, 0.3) is 11.8 Å². The first-order chi connectivity index (χ1) is 24.0. The average Bonchev–Trinajstić information content (AvgIpc) is 3.67. The Bertz CT molecular complexity index is 2260. The summed E-state index contributed by atoms with van der Waals surface area (Å²) in [6.45, 7) is -0.540. The summed E-state index contributed by atoms with van der Waals surface area (Å²) < 4.78 is 52.9. The van der Waals surface area contributed by atoms with Crippen LogP contribution in [0.15, 0.2) is 79.3 Å². The summed E-state index contributed by atoms with van der Waals surface area (Å²) in [5.41, 5.74) is -3.57. The first-order valence-corrected chi connectivity index (χ1v) is 15.7. The zero-order valence-corrected chi connectivity index (χ0v) is 26.9. The molecule has 7 rings (SSSR count). The maximum atomic E-state index is 16.2. The number of hydrogen-bond donors (Lipinski definition) is 4. The van der Waals surface area contributed by atoms with E-state index in [1.165, 1.54) is 37.7 Å². The molecule has 1 aliphatic carbocycles. The first kappa shape index (κ1) is 32.8. The quantitative estimate of drug-likeness (QED) is 0.125. The normalized spacial score (nSPS) is 14.0. The summed E-state index contributed by atoms with van der Waals surface area (Å²) in [7, 11) is 1.47. The topological polar surface area (TPSA) is 147 Å². The highest BCUT2D eigenvalue weighted by atomic mass is 35.5. The highest BCUT2D eigenvalue weighted by Crippen LogP contribution is 2.38. The third-order valence-corrected chi connectivity index (χ3v) is 8.66. The number of rotatable bonds is 10. The van der Waals surface area contributed by atoms with Gasteiger partial charge >= 0.3 is 0 Å². The van der Waals surface area contributed by atoms with Gasteiger partial charge in [-0.05, 0) is 42.7 Å². The molecule has 50 heavy (non-hydrogen) atoms. The molecule has 0 spiro atoms. The van der Waals surface area contributed by atoms with Crippen molar-refractivity contribution in [3.63, 3.8) is 0 Å². The van der Waals surface area contributed by atoms with E-state index in [1.54, 1.807) is 24.3 Å². The largest absolute Gasteiger partial charge is 0.494 e. The summed E-state index contributed by atoms with van der Waals surface area (Å²) in [5, 5.41) is 22.3. The summed E-state index contributed by atoms with van der Waals surface area (Å²) in [4.78, 5) is 37.9. The van der Waals surface area contributed by atoms with E-state index in [0.29, 0.717) is 28.8 Å². The minimum absolute atomic E-state index is 0.0222. The van der Waals surface area contributed by atoms with E-state index >= 15 is 8.78 Å². The van der Waals surface area contributed by atoms with Crippen molar-refractivity contribution in [2.45, 2.75) is 24.5 Å². The van der Waals surface area contributed by atoms with Crippen LogP contribution in [0.3, 0.4) is 0 Å². The number of pyridine rings is 1. The van der Waals surface area contributed by atoms with Gasteiger partial charge in [-0.25, -0.2) is 23.1 Å². The van der Waals surface area contributed by atoms with Crippen molar-refractivity contribution in [1.82, 2.24) is 30.0 Å². The van der Waals surface area contributed by atoms with E-state index in [2.05, 4.69) is 30.7 Å². The molecule has 1 atom stereocenters. The number of H-pyrrole nitrogens is 1. The molecule has 0 radical (unpaired) electrons. The Kier molecular flexibility index (Phi) is 8.49. The standard InChI is InChI=1S/C35H27ClF3N7O4/c1-50-27-12-18(11-19-16-46(21-7-8-21)45-30(19)27)32(47)42-17-35(49,20-5-3-2-4-6-20)28-14-23(33(48)44-34-40-9-10-41-34)29(39)31(43-28)22-13-24(36)26(38)15-25(22)37/h2-6,9-16,21,49H,7-8,17H2,1H3,(H,42,47)(H2,40,41,44,48)/t35-/m1/s1. The van der Waals surface area contributed by atoms with E-state index in [1.807, 2.05) is 10.9 Å². The molecule has 0 bridgehead atoms. The number of hydrogen-bond acceptors (Lipinski definition) is 7. The number of amides is 2. The number of anilines is 1. The van der Waals surface area contributed by atoms with Crippen LogP contribution in [-0.2, 0) is 5.60 Å². The van der Waals surface area contributed by atoms with Gasteiger partial charge in [0.15, 0.2) is 5.82 Å². The third kappa shape index (κ3) is 6.14. The molecule has 15 heteroatoms. The van der Waals surface area contributed by atoms with E-state index < -0.39 is 63.3 Å². The van der Waals surface area contributed by atoms with Crippen LogP contribution < -0.4 is 15.4 Å². The fourth-order valence-electron chi connectivity index (χ4n) is 5.60. The molecule has 1 saturated carbocycles. The van der Waals surface area contributed by atoms with Crippen molar-refractivity contribution in [3.05, 3.63) is 124 Å². The van der Waals surface area contributed by atoms with Crippen LogP contribution in [0.5, 0.6) is 5.75 Å².